The molecule has 0 unspecified atom stereocenters. The van der Waals surface area contributed by atoms with Crippen molar-refractivity contribution in [3.63, 3.8) is 0 Å². The molecule has 0 atom stereocenters. The molecule has 2 aromatic rings. The molecular weight excluding hydrogens is 346 g/mol. The number of benzene rings is 2. The van der Waals surface area contributed by atoms with Crippen molar-refractivity contribution in [2.45, 2.75) is 12.8 Å². The summed E-state index contributed by atoms with van der Waals surface area (Å²) < 4.78 is 5.18. The van der Waals surface area contributed by atoms with Crippen LogP contribution >= 0.6 is 0 Å². The minimum Gasteiger partial charge on any atom is -0.496 e. The third-order valence-corrected chi connectivity index (χ3v) is 3.51. The second-order valence-electron chi connectivity index (χ2n) is 5.53. The van der Waals surface area contributed by atoms with E-state index in [1.54, 1.807) is 49.6 Å². The number of hydrazine groups is 1. The Bertz CT molecular complexity index is 819. The standard InChI is InChI=1S/C20H21N3O4/c1-27-17-10-6-5-7-15(17)11-12-19(25)22-23-20(26)14-13-18(24)21-16-8-3-2-4-9-16/h2-12H,13-14H2,1H3,(H,21,24)(H,22,25)(H,23,26)/b12-11+. The largest absolute Gasteiger partial charge is 0.496 e. The van der Waals surface area contributed by atoms with Crippen molar-refractivity contribution in [1.82, 2.24) is 10.9 Å². The van der Waals surface area contributed by atoms with Gasteiger partial charge in [-0.15, -0.1) is 0 Å². The van der Waals surface area contributed by atoms with E-state index in [0.29, 0.717) is 11.4 Å². The molecule has 0 saturated heterocycles. The van der Waals surface area contributed by atoms with E-state index in [1.165, 1.54) is 6.08 Å². The zero-order valence-corrected chi connectivity index (χ0v) is 14.9. The molecule has 0 aliphatic rings. The zero-order valence-electron chi connectivity index (χ0n) is 14.9. The molecule has 7 heteroatoms. The van der Waals surface area contributed by atoms with Crippen LogP contribution in [0, 0.1) is 0 Å². The quantitative estimate of drug-likeness (QED) is 0.517. The molecule has 2 aromatic carbocycles. The van der Waals surface area contributed by atoms with Crippen LogP contribution in [-0.4, -0.2) is 24.8 Å². The van der Waals surface area contributed by atoms with Gasteiger partial charge in [0.1, 0.15) is 5.75 Å². The van der Waals surface area contributed by atoms with Gasteiger partial charge in [0.2, 0.25) is 11.8 Å². The molecule has 0 aromatic heterocycles. The summed E-state index contributed by atoms with van der Waals surface area (Å²) in [5.41, 5.74) is 5.93. The molecule has 0 saturated carbocycles. The molecule has 3 N–H and O–H groups in total. The SMILES string of the molecule is COc1ccccc1/C=C/C(=O)NNC(=O)CCC(=O)Nc1ccccc1. The topological polar surface area (TPSA) is 96.5 Å². The summed E-state index contributed by atoms with van der Waals surface area (Å²) in [6, 6.07) is 16.2. The van der Waals surface area contributed by atoms with Gasteiger partial charge in [-0.05, 0) is 24.3 Å². The molecular formula is C20H21N3O4. The summed E-state index contributed by atoms with van der Waals surface area (Å²) in [7, 11) is 1.54. The number of ether oxygens (including phenoxy) is 1. The molecule has 0 bridgehead atoms. The number of methoxy groups -OCH3 is 1. The van der Waals surface area contributed by atoms with Gasteiger partial charge in [0, 0.05) is 30.2 Å². The summed E-state index contributed by atoms with van der Waals surface area (Å²) in [6.45, 7) is 0. The Morgan fingerprint density at radius 2 is 1.56 bits per heavy atom. The molecule has 2 rings (SSSR count). The van der Waals surface area contributed by atoms with Crippen molar-refractivity contribution in [2.75, 3.05) is 12.4 Å². The Morgan fingerprint density at radius 3 is 2.30 bits per heavy atom. The maximum absolute atomic E-state index is 11.8. The predicted molar refractivity (Wildman–Crippen MR) is 103 cm³/mol. The van der Waals surface area contributed by atoms with Gasteiger partial charge in [-0.2, -0.15) is 0 Å². The number of carbonyl (C=O) groups is 3. The maximum Gasteiger partial charge on any atom is 0.262 e. The number of rotatable bonds is 7. The molecule has 0 radical (unpaired) electrons. The first-order valence-electron chi connectivity index (χ1n) is 8.33. The Kier molecular flexibility index (Phi) is 7.59. The number of amides is 3. The highest BCUT2D eigenvalue weighted by atomic mass is 16.5. The summed E-state index contributed by atoms with van der Waals surface area (Å²) in [4.78, 5) is 35.3. The second-order valence-corrected chi connectivity index (χ2v) is 5.53. The number of carbonyl (C=O) groups excluding carboxylic acids is 3. The van der Waals surface area contributed by atoms with Crippen LogP contribution in [0.15, 0.2) is 60.7 Å². The fourth-order valence-electron chi connectivity index (χ4n) is 2.18. The Labute approximate surface area is 157 Å². The average molecular weight is 367 g/mol. The Balaban J connectivity index is 1.71. The van der Waals surface area contributed by atoms with Crippen LogP contribution in [0.3, 0.4) is 0 Å². The minimum atomic E-state index is -0.497. The minimum absolute atomic E-state index is 0.00759. The fourth-order valence-corrected chi connectivity index (χ4v) is 2.18. The molecule has 0 fully saturated rings. The first-order chi connectivity index (χ1) is 13.1. The van der Waals surface area contributed by atoms with Crippen molar-refractivity contribution >= 4 is 29.5 Å². The lowest BCUT2D eigenvalue weighted by molar-refractivity contribution is -0.128. The molecule has 0 spiro atoms. The van der Waals surface area contributed by atoms with E-state index in [4.69, 9.17) is 4.74 Å². The van der Waals surface area contributed by atoms with Gasteiger partial charge in [-0.1, -0.05) is 36.4 Å². The number of nitrogens with one attached hydrogen (secondary N) is 3. The molecule has 140 valence electrons. The monoisotopic (exact) mass is 367 g/mol. The Hall–Kier alpha value is -3.61. The van der Waals surface area contributed by atoms with Gasteiger partial charge in [0.05, 0.1) is 7.11 Å². The molecule has 27 heavy (non-hydrogen) atoms. The van der Waals surface area contributed by atoms with Crippen molar-refractivity contribution in [2.24, 2.45) is 0 Å². The van der Waals surface area contributed by atoms with Crippen molar-refractivity contribution in [1.29, 1.82) is 0 Å². The van der Waals surface area contributed by atoms with Crippen LogP contribution < -0.4 is 20.9 Å². The van der Waals surface area contributed by atoms with E-state index in [1.807, 2.05) is 18.2 Å². The number of anilines is 1. The first kappa shape index (κ1) is 19.7. The number of hydrogen-bond donors (Lipinski definition) is 3. The summed E-state index contributed by atoms with van der Waals surface area (Å²) in [5, 5.41) is 2.68. The van der Waals surface area contributed by atoms with Crippen LogP contribution in [0.2, 0.25) is 0 Å². The summed E-state index contributed by atoms with van der Waals surface area (Å²) in [6.07, 6.45) is 2.82. The molecule has 0 heterocycles. The van der Waals surface area contributed by atoms with Crippen LogP contribution in [0.25, 0.3) is 6.08 Å². The van der Waals surface area contributed by atoms with E-state index >= 15 is 0 Å². The van der Waals surface area contributed by atoms with Crippen LogP contribution in [0.1, 0.15) is 18.4 Å². The predicted octanol–water partition coefficient (Wildman–Crippen LogP) is 2.27. The van der Waals surface area contributed by atoms with Crippen LogP contribution in [-0.2, 0) is 14.4 Å². The van der Waals surface area contributed by atoms with E-state index in [0.717, 1.165) is 5.56 Å². The van der Waals surface area contributed by atoms with E-state index < -0.39 is 11.8 Å². The lowest BCUT2D eigenvalue weighted by Gasteiger charge is -2.07. The van der Waals surface area contributed by atoms with E-state index in [-0.39, 0.29) is 18.7 Å². The molecule has 0 aliphatic carbocycles. The summed E-state index contributed by atoms with van der Waals surface area (Å²) >= 11 is 0. The highest BCUT2D eigenvalue weighted by Gasteiger charge is 2.08. The second kappa shape index (κ2) is 10.4. The molecule has 7 nitrogen and oxygen atoms in total. The average Bonchev–Trinajstić information content (AvgIpc) is 2.70. The molecule has 3 amide bonds. The van der Waals surface area contributed by atoms with Crippen molar-refractivity contribution in [3.8, 4) is 5.75 Å². The highest BCUT2D eigenvalue weighted by Crippen LogP contribution is 2.18. The van der Waals surface area contributed by atoms with Gasteiger partial charge in [0.15, 0.2) is 0 Å². The first-order valence-corrected chi connectivity index (χ1v) is 8.33. The highest BCUT2D eigenvalue weighted by molar-refractivity contribution is 5.95. The third kappa shape index (κ3) is 7.03. The van der Waals surface area contributed by atoms with E-state index in [2.05, 4.69) is 16.2 Å². The van der Waals surface area contributed by atoms with E-state index in [9.17, 15) is 14.4 Å². The van der Waals surface area contributed by atoms with Gasteiger partial charge in [-0.25, -0.2) is 0 Å². The summed E-state index contributed by atoms with van der Waals surface area (Å²) in [5.74, 6) is -0.603. The van der Waals surface area contributed by atoms with Gasteiger partial charge < -0.3 is 10.1 Å². The lowest BCUT2D eigenvalue weighted by atomic mass is 10.2. The van der Waals surface area contributed by atoms with Crippen molar-refractivity contribution < 1.29 is 19.1 Å². The van der Waals surface area contributed by atoms with Crippen molar-refractivity contribution in [3.05, 3.63) is 66.2 Å². The smallest absolute Gasteiger partial charge is 0.262 e. The number of hydrogen-bond acceptors (Lipinski definition) is 4. The third-order valence-electron chi connectivity index (χ3n) is 3.51. The van der Waals surface area contributed by atoms with Gasteiger partial charge >= 0.3 is 0 Å². The van der Waals surface area contributed by atoms with Gasteiger partial charge in [0.25, 0.3) is 5.91 Å². The number of para-hydroxylation sites is 2. The zero-order chi connectivity index (χ0) is 19.5. The fraction of sp³-hybridized carbons (Fsp3) is 0.150. The molecule has 0 aliphatic heterocycles. The normalized spacial score (nSPS) is 10.3. The maximum atomic E-state index is 11.8. The van der Waals surface area contributed by atoms with Crippen LogP contribution in [0.4, 0.5) is 5.69 Å². The van der Waals surface area contributed by atoms with Crippen LogP contribution in [0.5, 0.6) is 5.75 Å². The lowest BCUT2D eigenvalue weighted by Crippen LogP contribution is -2.41. The Morgan fingerprint density at radius 1 is 0.889 bits per heavy atom. The van der Waals surface area contributed by atoms with Gasteiger partial charge in [-0.3, -0.25) is 25.2 Å².